The van der Waals surface area contributed by atoms with Crippen LogP contribution < -0.4 is 9.47 Å². The summed E-state index contributed by atoms with van der Waals surface area (Å²) >= 11 is 0. The van der Waals surface area contributed by atoms with Gasteiger partial charge in [-0.25, -0.2) is 4.79 Å². The number of alkyl halides is 2. The zero-order chi connectivity index (χ0) is 27.7. The minimum atomic E-state index is -3.73. The van der Waals surface area contributed by atoms with E-state index >= 15 is 0 Å². The van der Waals surface area contributed by atoms with Crippen LogP contribution in [-0.2, 0) is 42.9 Å². The van der Waals surface area contributed by atoms with Gasteiger partial charge in [0.25, 0.3) is 0 Å². The molecule has 0 bridgehead atoms. The van der Waals surface area contributed by atoms with Gasteiger partial charge in [0, 0.05) is 23.0 Å². The number of benzene rings is 2. The van der Waals surface area contributed by atoms with Crippen molar-refractivity contribution in [3.63, 3.8) is 0 Å². The fraction of sp³-hybridized carbons (Fsp3) is 0.393. The lowest BCUT2D eigenvalue weighted by atomic mass is 9.87. The number of Topliss-reactive ketones (excluding diaryl/α,β-unsaturated/α-hetero) is 1. The van der Waals surface area contributed by atoms with E-state index in [0.29, 0.717) is 24.1 Å². The summed E-state index contributed by atoms with van der Waals surface area (Å²) in [5.74, 6) is -1.22. The van der Waals surface area contributed by atoms with Gasteiger partial charge in [-0.15, -0.1) is 8.78 Å². The summed E-state index contributed by atoms with van der Waals surface area (Å²) in [6.07, 6.45) is -3.75. The maximum atomic E-state index is 13.5. The van der Waals surface area contributed by atoms with Crippen molar-refractivity contribution in [3.8, 4) is 11.5 Å². The molecule has 1 aromatic heterocycles. The van der Waals surface area contributed by atoms with Crippen LogP contribution in [0.15, 0.2) is 42.5 Å². The van der Waals surface area contributed by atoms with Gasteiger partial charge >= 0.3 is 18.4 Å². The van der Waals surface area contributed by atoms with Crippen molar-refractivity contribution < 1.29 is 47.2 Å². The van der Waals surface area contributed by atoms with E-state index < -0.39 is 35.4 Å². The van der Waals surface area contributed by atoms with Crippen LogP contribution in [0.25, 0.3) is 10.9 Å². The molecule has 0 unspecified atom stereocenters. The van der Waals surface area contributed by atoms with Crippen LogP contribution in [-0.4, -0.2) is 46.6 Å². The number of rotatable bonds is 8. The van der Waals surface area contributed by atoms with Gasteiger partial charge in [-0.2, -0.15) is 0 Å². The largest absolute Gasteiger partial charge is 0.586 e. The number of halogens is 2. The van der Waals surface area contributed by atoms with Crippen LogP contribution in [0.4, 0.5) is 13.6 Å². The standard InChI is InChI=1S/C28H25F2NO8/c1-26(2,24(33)34)22-11-16-9-15(3-5-19(16)31(22)13-18-14-36-25(35)37-18)10-23(32)27(7-8-27)17-4-6-20-21(12-17)39-28(29,30)38-20/h3-6,9,11-12,18H,7-8,10,13-14H2,1-2H3,(H,33,34)/t18-/m1/s1. The van der Waals surface area contributed by atoms with Crippen LogP contribution in [0.2, 0.25) is 0 Å². The van der Waals surface area contributed by atoms with E-state index in [1.165, 1.54) is 12.1 Å². The number of carbonyl (C=O) groups is 3. The van der Waals surface area contributed by atoms with E-state index in [1.54, 1.807) is 26.0 Å². The van der Waals surface area contributed by atoms with Gasteiger partial charge in [0.1, 0.15) is 17.8 Å². The van der Waals surface area contributed by atoms with Crippen LogP contribution >= 0.6 is 0 Å². The zero-order valence-corrected chi connectivity index (χ0v) is 21.2. The molecule has 1 atom stereocenters. The Labute approximate surface area is 221 Å². The number of hydrogen-bond donors (Lipinski definition) is 1. The normalized spacial score (nSPS) is 20.5. The summed E-state index contributed by atoms with van der Waals surface area (Å²) in [6.45, 7) is 3.48. The van der Waals surface area contributed by atoms with Gasteiger partial charge in [0.2, 0.25) is 0 Å². The maximum absolute atomic E-state index is 13.5. The van der Waals surface area contributed by atoms with Gasteiger partial charge in [-0.3, -0.25) is 9.59 Å². The van der Waals surface area contributed by atoms with Gasteiger partial charge in [-0.05, 0) is 68.1 Å². The molecule has 3 aliphatic rings. The molecule has 0 spiro atoms. The third kappa shape index (κ3) is 4.25. The van der Waals surface area contributed by atoms with E-state index in [0.717, 1.165) is 16.5 Å². The van der Waals surface area contributed by atoms with Crippen LogP contribution in [0, 0.1) is 0 Å². The van der Waals surface area contributed by atoms with E-state index in [2.05, 4.69) is 9.47 Å². The Balaban J connectivity index is 1.29. The lowest BCUT2D eigenvalue weighted by Gasteiger charge is -2.23. The number of carbonyl (C=O) groups excluding carboxylic acids is 2. The summed E-state index contributed by atoms with van der Waals surface area (Å²) < 4.78 is 47.8. The highest BCUT2D eigenvalue weighted by molar-refractivity contribution is 5.95. The van der Waals surface area contributed by atoms with E-state index in [1.807, 2.05) is 22.8 Å². The average Bonchev–Trinajstić information content (AvgIpc) is 3.31. The summed E-state index contributed by atoms with van der Waals surface area (Å²) in [7, 11) is 0. The number of aliphatic carboxylic acids is 1. The second-order valence-corrected chi connectivity index (χ2v) is 10.8. The summed E-state index contributed by atoms with van der Waals surface area (Å²) in [5.41, 5.74) is 0.577. The Morgan fingerprint density at radius 2 is 1.82 bits per heavy atom. The van der Waals surface area contributed by atoms with Crippen molar-refractivity contribution in [2.75, 3.05) is 6.61 Å². The third-order valence-electron chi connectivity index (χ3n) is 7.78. The van der Waals surface area contributed by atoms with E-state index in [4.69, 9.17) is 9.47 Å². The van der Waals surface area contributed by atoms with Gasteiger partial charge in [-0.1, -0.05) is 12.1 Å². The molecular formula is C28H25F2NO8. The first-order chi connectivity index (χ1) is 18.4. The number of cyclic esters (lactones) is 2. The molecule has 0 radical (unpaired) electrons. The minimum Gasteiger partial charge on any atom is -0.481 e. The molecule has 3 aromatic rings. The fourth-order valence-electron chi connectivity index (χ4n) is 5.37. The number of carboxylic acid groups (broad SMARTS) is 1. The molecule has 39 heavy (non-hydrogen) atoms. The number of aromatic nitrogens is 1. The van der Waals surface area contributed by atoms with Gasteiger partial charge in [0.15, 0.2) is 17.6 Å². The van der Waals surface area contributed by atoms with Crippen LogP contribution in [0.1, 0.15) is 43.5 Å². The Bertz CT molecular complexity index is 1540. The highest BCUT2D eigenvalue weighted by Crippen LogP contribution is 2.52. The molecule has 1 N–H and O–H groups in total. The molecule has 1 saturated carbocycles. The predicted octanol–water partition coefficient (Wildman–Crippen LogP) is 4.70. The Kier molecular flexibility index (Phi) is 5.43. The molecule has 6 rings (SSSR count). The first kappa shape index (κ1) is 25.1. The molecule has 2 fully saturated rings. The molecule has 1 aliphatic carbocycles. The summed E-state index contributed by atoms with van der Waals surface area (Å²) in [4.78, 5) is 37.0. The number of hydrogen-bond acceptors (Lipinski definition) is 7. The van der Waals surface area contributed by atoms with Gasteiger partial charge < -0.3 is 28.6 Å². The maximum Gasteiger partial charge on any atom is 0.586 e. The molecule has 1 saturated heterocycles. The highest BCUT2D eigenvalue weighted by atomic mass is 19.3. The quantitative estimate of drug-likeness (QED) is 0.408. The molecule has 9 nitrogen and oxygen atoms in total. The Morgan fingerprint density at radius 1 is 1.08 bits per heavy atom. The van der Waals surface area contributed by atoms with Crippen LogP contribution in [0.5, 0.6) is 11.5 Å². The smallest absolute Gasteiger partial charge is 0.481 e. The lowest BCUT2D eigenvalue weighted by molar-refractivity contribution is -0.286. The fourth-order valence-corrected chi connectivity index (χ4v) is 5.37. The van der Waals surface area contributed by atoms with Gasteiger partial charge in [0.05, 0.1) is 12.0 Å². The average molecular weight is 542 g/mol. The van der Waals surface area contributed by atoms with Crippen molar-refractivity contribution in [3.05, 3.63) is 59.3 Å². The highest BCUT2D eigenvalue weighted by Gasteiger charge is 2.52. The van der Waals surface area contributed by atoms with Crippen molar-refractivity contribution in [1.82, 2.24) is 4.57 Å². The SMILES string of the molecule is CC(C)(C(=O)O)c1cc2cc(CC(=O)C3(c4ccc5c(c4)OC(F)(F)O5)CC3)ccc2n1C[C@@H]1COC(=O)O1. The summed E-state index contributed by atoms with van der Waals surface area (Å²) in [6, 6.07) is 11.7. The molecule has 11 heteroatoms. The van der Waals surface area contributed by atoms with Crippen molar-refractivity contribution in [1.29, 1.82) is 0 Å². The topological polar surface area (TPSA) is 113 Å². The summed E-state index contributed by atoms with van der Waals surface area (Å²) in [5, 5.41) is 10.6. The number of fused-ring (bicyclic) bond motifs is 2. The molecule has 2 aliphatic heterocycles. The Morgan fingerprint density at radius 3 is 2.49 bits per heavy atom. The van der Waals surface area contributed by atoms with Crippen molar-refractivity contribution in [2.24, 2.45) is 0 Å². The van der Waals surface area contributed by atoms with E-state index in [9.17, 15) is 28.3 Å². The van der Waals surface area contributed by atoms with Crippen molar-refractivity contribution in [2.45, 2.75) is 62.9 Å². The lowest BCUT2D eigenvalue weighted by Crippen LogP contribution is -2.33. The number of ether oxygens (including phenoxy) is 4. The predicted molar refractivity (Wildman–Crippen MR) is 131 cm³/mol. The molecular weight excluding hydrogens is 516 g/mol. The second kappa shape index (κ2) is 8.42. The monoisotopic (exact) mass is 541 g/mol. The first-order valence-corrected chi connectivity index (χ1v) is 12.5. The third-order valence-corrected chi connectivity index (χ3v) is 7.78. The number of ketones is 1. The molecule has 2 aromatic carbocycles. The number of nitrogens with zero attached hydrogens (tertiary/aromatic N) is 1. The minimum absolute atomic E-state index is 0.0481. The number of carboxylic acids is 1. The molecule has 3 heterocycles. The molecule has 0 amide bonds. The first-order valence-electron chi connectivity index (χ1n) is 12.5. The van der Waals surface area contributed by atoms with Crippen molar-refractivity contribution >= 4 is 28.8 Å². The zero-order valence-electron chi connectivity index (χ0n) is 21.2. The molecule has 204 valence electrons. The van der Waals surface area contributed by atoms with E-state index in [-0.39, 0.29) is 36.9 Å². The Hall–Kier alpha value is -4.15. The second-order valence-electron chi connectivity index (χ2n) is 10.8. The van der Waals surface area contributed by atoms with Crippen LogP contribution in [0.3, 0.4) is 0 Å².